The van der Waals surface area contributed by atoms with Gasteiger partial charge < -0.3 is 0 Å². The molecule has 0 bridgehead atoms. The summed E-state index contributed by atoms with van der Waals surface area (Å²) in [7, 11) is -3.62. The van der Waals surface area contributed by atoms with Crippen LogP contribution in [0.15, 0.2) is 23.1 Å². The third-order valence-electron chi connectivity index (χ3n) is 3.17. The molecule has 0 saturated heterocycles. The molecule has 0 aliphatic carbocycles. The van der Waals surface area contributed by atoms with E-state index in [4.69, 9.17) is 23.2 Å². The molecular weight excluding hydrogens is 331 g/mol. The Hall–Kier alpha value is -0.330. The standard InChI is InChI=1S/C14H22Cl2N2O2S/c1-10(2)18(11(3)4)8-7-17-21(19,20)14-6-5-12(15)9-13(14)16/h5-6,9-11,17H,7-8H2,1-4H3. The zero-order valence-corrected chi connectivity index (χ0v) is 15.1. The Morgan fingerprint density at radius 2 is 1.71 bits per heavy atom. The van der Waals surface area contributed by atoms with E-state index in [-0.39, 0.29) is 9.92 Å². The highest BCUT2D eigenvalue weighted by Gasteiger charge is 2.19. The Kier molecular flexibility index (Phi) is 6.94. The van der Waals surface area contributed by atoms with Gasteiger partial charge in [-0.1, -0.05) is 23.2 Å². The number of nitrogens with one attached hydrogen (secondary N) is 1. The van der Waals surface area contributed by atoms with Gasteiger partial charge in [0, 0.05) is 30.2 Å². The number of hydrogen-bond donors (Lipinski definition) is 1. The maximum atomic E-state index is 12.2. The van der Waals surface area contributed by atoms with E-state index in [2.05, 4.69) is 37.3 Å². The Morgan fingerprint density at radius 3 is 2.19 bits per heavy atom. The molecule has 0 radical (unpaired) electrons. The van der Waals surface area contributed by atoms with Crippen molar-refractivity contribution in [2.45, 2.75) is 44.7 Å². The summed E-state index contributed by atoms with van der Waals surface area (Å²) in [6, 6.07) is 5.06. The zero-order chi connectivity index (χ0) is 16.2. The number of hydrogen-bond acceptors (Lipinski definition) is 3. The topological polar surface area (TPSA) is 49.4 Å². The fourth-order valence-corrected chi connectivity index (χ4v) is 3.98. The van der Waals surface area contributed by atoms with E-state index >= 15 is 0 Å². The van der Waals surface area contributed by atoms with Gasteiger partial charge in [0.15, 0.2) is 0 Å². The second-order valence-corrected chi connectivity index (χ2v) is 7.98. The van der Waals surface area contributed by atoms with Crippen LogP contribution in [0.5, 0.6) is 0 Å². The first-order valence-corrected chi connectivity index (χ1v) is 9.09. The number of rotatable bonds is 7. The van der Waals surface area contributed by atoms with Crippen LogP contribution >= 0.6 is 23.2 Å². The van der Waals surface area contributed by atoms with Crippen LogP contribution in [0.4, 0.5) is 0 Å². The molecule has 0 unspecified atom stereocenters. The predicted octanol–water partition coefficient (Wildman–Crippen LogP) is 3.39. The molecule has 1 rings (SSSR count). The molecular formula is C14H22Cl2N2O2S. The van der Waals surface area contributed by atoms with Crippen LogP contribution in [-0.4, -0.2) is 38.5 Å². The molecule has 0 aliphatic heterocycles. The average molecular weight is 353 g/mol. The molecule has 0 heterocycles. The van der Waals surface area contributed by atoms with Crippen molar-refractivity contribution in [2.24, 2.45) is 0 Å². The second-order valence-electron chi connectivity index (χ2n) is 5.40. The van der Waals surface area contributed by atoms with E-state index in [0.717, 1.165) is 0 Å². The lowest BCUT2D eigenvalue weighted by Crippen LogP contribution is -2.42. The molecule has 21 heavy (non-hydrogen) atoms. The maximum Gasteiger partial charge on any atom is 0.242 e. The van der Waals surface area contributed by atoms with Gasteiger partial charge in [0.25, 0.3) is 0 Å². The molecule has 0 aliphatic rings. The first-order valence-electron chi connectivity index (χ1n) is 6.85. The number of nitrogens with zero attached hydrogens (tertiary/aromatic N) is 1. The molecule has 1 aromatic carbocycles. The molecule has 0 spiro atoms. The van der Waals surface area contributed by atoms with Gasteiger partial charge in [-0.3, -0.25) is 4.90 Å². The van der Waals surface area contributed by atoms with Crippen LogP contribution in [0.25, 0.3) is 0 Å². The summed E-state index contributed by atoms with van der Waals surface area (Å²) in [4.78, 5) is 2.26. The van der Waals surface area contributed by atoms with Crippen molar-refractivity contribution in [3.63, 3.8) is 0 Å². The number of benzene rings is 1. The van der Waals surface area contributed by atoms with Crippen molar-refractivity contribution >= 4 is 33.2 Å². The fraction of sp³-hybridized carbons (Fsp3) is 0.571. The van der Waals surface area contributed by atoms with Crippen LogP contribution in [0.3, 0.4) is 0 Å². The molecule has 0 atom stereocenters. The van der Waals surface area contributed by atoms with Gasteiger partial charge in [-0.05, 0) is 45.9 Å². The third-order valence-corrected chi connectivity index (χ3v) is 5.35. The lowest BCUT2D eigenvalue weighted by Gasteiger charge is -2.30. The minimum absolute atomic E-state index is 0.0502. The van der Waals surface area contributed by atoms with Gasteiger partial charge in [0.1, 0.15) is 4.90 Å². The minimum Gasteiger partial charge on any atom is -0.297 e. The highest BCUT2D eigenvalue weighted by atomic mass is 35.5. The molecule has 1 N–H and O–H groups in total. The molecule has 0 aromatic heterocycles. The van der Waals surface area contributed by atoms with Gasteiger partial charge >= 0.3 is 0 Å². The van der Waals surface area contributed by atoms with Crippen molar-refractivity contribution in [3.8, 4) is 0 Å². The SMILES string of the molecule is CC(C)N(CCNS(=O)(=O)c1ccc(Cl)cc1Cl)C(C)C. The molecule has 0 saturated carbocycles. The van der Waals surface area contributed by atoms with Crippen molar-refractivity contribution in [1.29, 1.82) is 0 Å². The molecule has 120 valence electrons. The zero-order valence-electron chi connectivity index (χ0n) is 12.7. The van der Waals surface area contributed by atoms with Gasteiger partial charge in [-0.2, -0.15) is 0 Å². The lowest BCUT2D eigenvalue weighted by molar-refractivity contribution is 0.179. The first kappa shape index (κ1) is 18.7. The summed E-state index contributed by atoms with van der Waals surface area (Å²) in [6.07, 6.45) is 0. The third kappa shape index (κ3) is 5.42. The highest BCUT2D eigenvalue weighted by molar-refractivity contribution is 7.89. The lowest BCUT2D eigenvalue weighted by atomic mass is 10.2. The van der Waals surface area contributed by atoms with Crippen molar-refractivity contribution in [2.75, 3.05) is 13.1 Å². The van der Waals surface area contributed by atoms with E-state index in [1.165, 1.54) is 18.2 Å². The van der Waals surface area contributed by atoms with Crippen LogP contribution in [0, 0.1) is 0 Å². The van der Waals surface area contributed by atoms with Crippen molar-refractivity contribution in [1.82, 2.24) is 9.62 Å². The van der Waals surface area contributed by atoms with E-state index in [1.807, 2.05) is 0 Å². The number of sulfonamides is 1. The van der Waals surface area contributed by atoms with Gasteiger partial charge in [-0.25, -0.2) is 13.1 Å². The normalized spacial score (nSPS) is 12.6. The van der Waals surface area contributed by atoms with Crippen LogP contribution in [0.1, 0.15) is 27.7 Å². The average Bonchev–Trinajstić information content (AvgIpc) is 2.33. The molecule has 0 fully saturated rings. The Bertz CT molecular complexity index is 566. The summed E-state index contributed by atoms with van der Waals surface area (Å²) in [5.74, 6) is 0. The monoisotopic (exact) mass is 352 g/mol. The predicted molar refractivity (Wildman–Crippen MR) is 88.6 cm³/mol. The van der Waals surface area contributed by atoms with Crippen LogP contribution in [0.2, 0.25) is 10.0 Å². The largest absolute Gasteiger partial charge is 0.297 e. The number of halogens is 2. The molecule has 7 heteroatoms. The summed E-state index contributed by atoms with van der Waals surface area (Å²) in [5.41, 5.74) is 0. The quantitative estimate of drug-likeness (QED) is 0.817. The van der Waals surface area contributed by atoms with Crippen LogP contribution in [-0.2, 0) is 10.0 Å². The van der Waals surface area contributed by atoms with E-state index in [9.17, 15) is 8.42 Å². The summed E-state index contributed by atoms with van der Waals surface area (Å²) in [6.45, 7) is 9.32. The summed E-state index contributed by atoms with van der Waals surface area (Å²) < 4.78 is 27.0. The maximum absolute atomic E-state index is 12.2. The first-order chi connectivity index (χ1) is 9.65. The van der Waals surface area contributed by atoms with Crippen molar-refractivity contribution in [3.05, 3.63) is 28.2 Å². The molecule has 0 amide bonds. The van der Waals surface area contributed by atoms with E-state index in [0.29, 0.717) is 30.2 Å². The second kappa shape index (κ2) is 7.79. The Labute approximate surface area is 137 Å². The van der Waals surface area contributed by atoms with E-state index in [1.54, 1.807) is 0 Å². The summed E-state index contributed by atoms with van der Waals surface area (Å²) >= 11 is 11.7. The molecule has 1 aromatic rings. The smallest absolute Gasteiger partial charge is 0.242 e. The van der Waals surface area contributed by atoms with Crippen LogP contribution < -0.4 is 4.72 Å². The fourth-order valence-electron chi connectivity index (χ4n) is 2.19. The Morgan fingerprint density at radius 1 is 1.14 bits per heavy atom. The summed E-state index contributed by atoms with van der Waals surface area (Å²) in [5, 5.41) is 0.532. The van der Waals surface area contributed by atoms with Crippen molar-refractivity contribution < 1.29 is 8.42 Å². The van der Waals surface area contributed by atoms with Gasteiger partial charge in [0.2, 0.25) is 10.0 Å². The Balaban J connectivity index is 2.73. The molecule has 4 nitrogen and oxygen atoms in total. The van der Waals surface area contributed by atoms with Gasteiger partial charge in [0.05, 0.1) is 5.02 Å². The van der Waals surface area contributed by atoms with Gasteiger partial charge in [-0.15, -0.1) is 0 Å². The van der Waals surface area contributed by atoms with E-state index < -0.39 is 10.0 Å². The highest BCUT2D eigenvalue weighted by Crippen LogP contribution is 2.24. The minimum atomic E-state index is -3.62.